The topological polar surface area (TPSA) is 33.4 Å². The first kappa shape index (κ1) is 10.5. The molecule has 0 unspecified atom stereocenters. The minimum absolute atomic E-state index is 0.000283. The van der Waals surface area contributed by atoms with Crippen molar-refractivity contribution in [3.63, 3.8) is 0 Å². The van der Waals surface area contributed by atoms with Crippen LogP contribution in [-0.2, 0) is 13.0 Å². The zero-order chi connectivity index (χ0) is 11.4. The lowest BCUT2D eigenvalue weighted by Gasteiger charge is -2.01. The highest BCUT2D eigenvalue weighted by molar-refractivity contribution is 5.41. The van der Waals surface area contributed by atoms with Crippen LogP contribution < -0.4 is 0 Å². The first-order valence-electron chi connectivity index (χ1n) is 5.05. The smallest absolute Gasteiger partial charge is 0.108 e. The highest BCUT2D eigenvalue weighted by Gasteiger charge is 2.05. The first-order chi connectivity index (χ1) is 7.83. The summed E-state index contributed by atoms with van der Waals surface area (Å²) in [4.78, 5) is 0. The molecule has 0 aliphatic rings. The van der Waals surface area contributed by atoms with E-state index in [0.29, 0.717) is 6.42 Å². The second-order valence-corrected chi connectivity index (χ2v) is 3.56. The molecule has 0 saturated carbocycles. The minimum atomic E-state index is 0.000283. The van der Waals surface area contributed by atoms with E-state index < -0.39 is 0 Å². The molecule has 0 radical (unpaired) electrons. The molecule has 0 amide bonds. The van der Waals surface area contributed by atoms with E-state index in [-0.39, 0.29) is 6.61 Å². The van der Waals surface area contributed by atoms with Crippen molar-refractivity contribution in [2.75, 3.05) is 0 Å². The Kier molecular flexibility index (Phi) is 3.09. The van der Waals surface area contributed by atoms with E-state index in [1.165, 1.54) is 0 Å². The Bertz CT molecular complexity index is 518. The molecule has 1 aromatic carbocycles. The Labute approximate surface area is 94.5 Å². The Morgan fingerprint density at radius 1 is 1.31 bits per heavy atom. The van der Waals surface area contributed by atoms with E-state index in [1.54, 1.807) is 6.26 Å². The molecule has 1 aromatic heterocycles. The Balaban J connectivity index is 2.24. The maximum atomic E-state index is 8.93. The number of benzene rings is 1. The molecule has 0 saturated heterocycles. The molecule has 2 nitrogen and oxygen atoms in total. The van der Waals surface area contributed by atoms with Crippen molar-refractivity contribution in [3.05, 3.63) is 59.0 Å². The van der Waals surface area contributed by atoms with Crippen molar-refractivity contribution >= 4 is 0 Å². The second kappa shape index (κ2) is 4.69. The molecule has 0 bridgehead atoms. The van der Waals surface area contributed by atoms with E-state index in [9.17, 15) is 0 Å². The molecule has 2 rings (SSSR count). The number of hydrogen-bond acceptors (Lipinski definition) is 2. The van der Waals surface area contributed by atoms with Gasteiger partial charge in [-0.3, -0.25) is 0 Å². The summed E-state index contributed by atoms with van der Waals surface area (Å²) in [6.45, 7) is 0.000283. The first-order valence-corrected chi connectivity index (χ1v) is 5.05. The van der Waals surface area contributed by atoms with Gasteiger partial charge >= 0.3 is 0 Å². The maximum Gasteiger partial charge on any atom is 0.108 e. The molecule has 0 aliphatic carbocycles. The molecular formula is C14H12O2. The monoisotopic (exact) mass is 212 g/mol. The van der Waals surface area contributed by atoms with Gasteiger partial charge in [0.25, 0.3) is 0 Å². The van der Waals surface area contributed by atoms with Gasteiger partial charge in [-0.2, -0.15) is 0 Å². The van der Waals surface area contributed by atoms with Crippen LogP contribution in [0.4, 0.5) is 0 Å². The SMILES string of the molecule is C#Cc1ccccc1Cc1cc(CO)co1. The molecular weight excluding hydrogens is 200 g/mol. The number of terminal acetylenes is 1. The van der Waals surface area contributed by atoms with E-state index >= 15 is 0 Å². The Morgan fingerprint density at radius 2 is 2.12 bits per heavy atom. The summed E-state index contributed by atoms with van der Waals surface area (Å²) in [7, 11) is 0. The predicted octanol–water partition coefficient (Wildman–Crippen LogP) is 2.34. The summed E-state index contributed by atoms with van der Waals surface area (Å²) < 4.78 is 5.33. The molecule has 0 aliphatic heterocycles. The molecule has 2 aromatic rings. The third kappa shape index (κ3) is 2.16. The van der Waals surface area contributed by atoms with Gasteiger partial charge in [0, 0.05) is 17.5 Å². The van der Waals surface area contributed by atoms with Gasteiger partial charge < -0.3 is 9.52 Å². The van der Waals surface area contributed by atoms with Crippen LogP contribution in [0.5, 0.6) is 0 Å². The molecule has 2 heteroatoms. The van der Waals surface area contributed by atoms with Crippen LogP contribution in [-0.4, -0.2) is 5.11 Å². The van der Waals surface area contributed by atoms with E-state index in [1.807, 2.05) is 30.3 Å². The van der Waals surface area contributed by atoms with Crippen molar-refractivity contribution < 1.29 is 9.52 Å². The number of aliphatic hydroxyl groups excluding tert-OH is 1. The minimum Gasteiger partial charge on any atom is -0.469 e. The Hall–Kier alpha value is -1.98. The highest BCUT2D eigenvalue weighted by atomic mass is 16.3. The molecule has 0 fully saturated rings. The van der Waals surface area contributed by atoms with Crippen molar-refractivity contribution in [2.24, 2.45) is 0 Å². The summed E-state index contributed by atoms with van der Waals surface area (Å²) in [6.07, 6.45) is 7.63. The number of rotatable bonds is 3. The lowest BCUT2D eigenvalue weighted by molar-refractivity contribution is 0.280. The van der Waals surface area contributed by atoms with Crippen LogP contribution in [0.25, 0.3) is 0 Å². The van der Waals surface area contributed by atoms with Gasteiger partial charge in [0.1, 0.15) is 5.76 Å². The van der Waals surface area contributed by atoms with Gasteiger partial charge in [0.05, 0.1) is 12.9 Å². The van der Waals surface area contributed by atoms with Gasteiger partial charge in [-0.15, -0.1) is 6.42 Å². The summed E-state index contributed by atoms with van der Waals surface area (Å²) >= 11 is 0. The largest absolute Gasteiger partial charge is 0.469 e. The van der Waals surface area contributed by atoms with Crippen LogP contribution in [0.1, 0.15) is 22.5 Å². The normalized spacial score (nSPS) is 10.0. The predicted molar refractivity (Wildman–Crippen MR) is 61.8 cm³/mol. The van der Waals surface area contributed by atoms with Gasteiger partial charge in [0.15, 0.2) is 0 Å². The average Bonchev–Trinajstić information content (AvgIpc) is 2.77. The van der Waals surface area contributed by atoms with Gasteiger partial charge in [-0.1, -0.05) is 24.1 Å². The van der Waals surface area contributed by atoms with Crippen LogP contribution >= 0.6 is 0 Å². The van der Waals surface area contributed by atoms with Crippen LogP contribution in [0.15, 0.2) is 41.0 Å². The molecule has 1 N–H and O–H groups in total. The third-order valence-corrected chi connectivity index (χ3v) is 2.43. The fourth-order valence-corrected chi connectivity index (χ4v) is 1.60. The van der Waals surface area contributed by atoms with Crippen LogP contribution in [0.3, 0.4) is 0 Å². The Morgan fingerprint density at radius 3 is 2.81 bits per heavy atom. The second-order valence-electron chi connectivity index (χ2n) is 3.56. The molecule has 1 heterocycles. The van der Waals surface area contributed by atoms with Crippen LogP contribution in [0, 0.1) is 12.3 Å². The standard InChI is InChI=1S/C14H12O2/c1-2-12-5-3-4-6-13(12)8-14-7-11(9-15)10-16-14/h1,3-7,10,15H,8-9H2. The van der Waals surface area contributed by atoms with Crippen molar-refractivity contribution in [1.82, 2.24) is 0 Å². The number of aliphatic hydroxyl groups is 1. The fourth-order valence-electron chi connectivity index (χ4n) is 1.60. The molecule has 0 spiro atoms. The van der Waals surface area contributed by atoms with Gasteiger partial charge in [-0.25, -0.2) is 0 Å². The number of hydrogen-bond donors (Lipinski definition) is 1. The lowest BCUT2D eigenvalue weighted by Crippen LogP contribution is -1.90. The lowest BCUT2D eigenvalue weighted by atomic mass is 10.0. The maximum absolute atomic E-state index is 8.93. The molecule has 0 atom stereocenters. The molecule has 16 heavy (non-hydrogen) atoms. The molecule has 80 valence electrons. The summed E-state index contributed by atoms with van der Waals surface area (Å²) in [5.41, 5.74) is 2.72. The third-order valence-electron chi connectivity index (χ3n) is 2.43. The summed E-state index contributed by atoms with van der Waals surface area (Å²) in [5, 5.41) is 8.93. The van der Waals surface area contributed by atoms with Crippen molar-refractivity contribution in [1.29, 1.82) is 0 Å². The zero-order valence-corrected chi connectivity index (χ0v) is 8.81. The summed E-state index contributed by atoms with van der Waals surface area (Å²) in [5.74, 6) is 3.46. The van der Waals surface area contributed by atoms with Crippen molar-refractivity contribution in [2.45, 2.75) is 13.0 Å². The van der Waals surface area contributed by atoms with E-state index in [4.69, 9.17) is 15.9 Å². The van der Waals surface area contributed by atoms with Gasteiger partial charge in [0.2, 0.25) is 0 Å². The fraction of sp³-hybridized carbons (Fsp3) is 0.143. The summed E-state index contributed by atoms with van der Waals surface area (Å²) in [6, 6.07) is 9.60. The van der Waals surface area contributed by atoms with Gasteiger partial charge in [-0.05, 0) is 17.7 Å². The number of furan rings is 1. The average molecular weight is 212 g/mol. The van der Waals surface area contributed by atoms with E-state index in [0.717, 1.165) is 22.5 Å². The van der Waals surface area contributed by atoms with Crippen molar-refractivity contribution in [3.8, 4) is 12.3 Å². The zero-order valence-electron chi connectivity index (χ0n) is 8.81. The quantitative estimate of drug-likeness (QED) is 0.792. The van der Waals surface area contributed by atoms with Crippen LogP contribution in [0.2, 0.25) is 0 Å². The highest BCUT2D eigenvalue weighted by Crippen LogP contribution is 2.16. The van der Waals surface area contributed by atoms with E-state index in [2.05, 4.69) is 5.92 Å².